The Morgan fingerprint density at radius 1 is 0.353 bits per heavy atom. The fourth-order valence-corrected chi connectivity index (χ4v) is 9.99. The molecule has 0 spiro atoms. The van der Waals surface area contributed by atoms with E-state index in [1.165, 1.54) is 122 Å². The van der Waals surface area contributed by atoms with E-state index < -0.39 is 14.5 Å². The second kappa shape index (κ2) is 26.3. The summed E-state index contributed by atoms with van der Waals surface area (Å²) in [5.74, 6) is 0. The molecular weight excluding hydrogens is 454 g/mol. The van der Waals surface area contributed by atoms with Gasteiger partial charge in [0.05, 0.1) is 24.6 Å². The highest BCUT2D eigenvalue weighted by molar-refractivity contribution is 7.75. The molecule has 0 saturated heterocycles. The number of hydrogen-bond acceptors (Lipinski definition) is 0. The first-order valence-corrected chi connectivity index (χ1v) is 17.5. The van der Waals surface area contributed by atoms with E-state index >= 15 is 0 Å². The van der Waals surface area contributed by atoms with Gasteiger partial charge in [-0.2, -0.15) is 0 Å². The van der Waals surface area contributed by atoms with Crippen LogP contribution >= 0.6 is 7.26 Å². The van der Waals surface area contributed by atoms with E-state index in [4.69, 9.17) is 0 Å². The van der Waals surface area contributed by atoms with Crippen LogP contribution in [0.1, 0.15) is 156 Å². The first kappa shape index (κ1) is 36.4. The van der Waals surface area contributed by atoms with Crippen molar-refractivity contribution in [3.63, 3.8) is 0 Å². The van der Waals surface area contributed by atoms with Crippen molar-refractivity contribution in [1.82, 2.24) is 0 Å². The summed E-state index contributed by atoms with van der Waals surface area (Å²) >= 11 is 0. The molecule has 0 N–H and O–H groups in total. The van der Waals surface area contributed by atoms with Gasteiger partial charge in [-0.15, -0.1) is 0 Å². The van der Waals surface area contributed by atoms with Crippen LogP contribution in [0.3, 0.4) is 0 Å². The summed E-state index contributed by atoms with van der Waals surface area (Å²) in [6.45, 7) is 9.48. The first-order valence-electron chi connectivity index (χ1n) is 15.0. The Hall–Kier alpha value is 0.215. The average Bonchev–Trinajstić information content (AvgIpc) is 2.78. The topological polar surface area (TPSA) is 0 Å². The van der Waals surface area contributed by atoms with Crippen LogP contribution in [0.25, 0.3) is 0 Å². The highest BCUT2D eigenvalue weighted by Gasteiger charge is 2.34. The molecule has 0 aromatic heterocycles. The fourth-order valence-electron chi connectivity index (χ4n) is 4.79. The number of unbranched alkanes of at least 4 members (excludes halogenated alkanes) is 16. The van der Waals surface area contributed by atoms with Crippen LogP contribution in [0.15, 0.2) is 0 Å². The second-order valence-electron chi connectivity index (χ2n) is 10.4. The Labute approximate surface area is 212 Å². The molecule has 0 aliphatic rings. The summed E-state index contributed by atoms with van der Waals surface area (Å²) in [5, 5.41) is 0. The lowest BCUT2D eigenvalue weighted by Gasteiger charge is -2.28. The molecule has 34 heavy (non-hydrogen) atoms. The van der Waals surface area contributed by atoms with Crippen LogP contribution < -0.4 is 0 Å². The highest BCUT2D eigenvalue weighted by Crippen LogP contribution is 2.61. The van der Waals surface area contributed by atoms with E-state index in [0.717, 1.165) is 0 Å². The molecule has 0 aromatic carbocycles. The van der Waals surface area contributed by atoms with Crippen molar-refractivity contribution in [3.8, 4) is 0 Å². The van der Waals surface area contributed by atoms with Gasteiger partial charge in [-0.25, -0.2) is 0 Å². The van der Waals surface area contributed by atoms with Gasteiger partial charge in [-0.1, -0.05) is 124 Å². The summed E-state index contributed by atoms with van der Waals surface area (Å²) in [4.78, 5) is 0. The maximum absolute atomic E-state index is 9.75. The van der Waals surface area contributed by atoms with Gasteiger partial charge in [-0.05, 0) is 32.1 Å². The minimum absolute atomic E-state index is 0.630. The van der Waals surface area contributed by atoms with E-state index in [2.05, 4.69) is 27.7 Å². The minimum Gasteiger partial charge on any atom is -0.418 e. The third kappa shape index (κ3) is 30.2. The summed E-state index contributed by atoms with van der Waals surface area (Å²) in [6.07, 6.45) is 36.0. The molecule has 0 saturated carbocycles. The van der Waals surface area contributed by atoms with Crippen LogP contribution in [0.2, 0.25) is 0 Å². The maximum atomic E-state index is 9.75. The van der Waals surface area contributed by atoms with Crippen LogP contribution in [0.4, 0.5) is 17.3 Å². The number of halogens is 4. The van der Waals surface area contributed by atoms with Crippen molar-refractivity contribution in [2.75, 3.05) is 24.6 Å². The lowest BCUT2D eigenvalue weighted by Crippen LogP contribution is -2.13. The minimum atomic E-state index is -6.00. The van der Waals surface area contributed by atoms with E-state index in [9.17, 15) is 17.3 Å². The van der Waals surface area contributed by atoms with E-state index in [0.29, 0.717) is 0 Å². The number of rotatable bonds is 24. The molecule has 0 rings (SSSR count). The Kier molecular flexibility index (Phi) is 28.1. The number of hydrogen-bond donors (Lipinski definition) is 0. The zero-order valence-electron chi connectivity index (χ0n) is 23.5. The van der Waals surface area contributed by atoms with Gasteiger partial charge in [0.15, 0.2) is 0 Å². The Morgan fingerprint density at radius 3 is 0.824 bits per heavy atom. The predicted octanol–water partition coefficient (Wildman–Crippen LogP) is 12.2. The van der Waals surface area contributed by atoms with Crippen molar-refractivity contribution < 1.29 is 17.3 Å². The second-order valence-corrected chi connectivity index (χ2v) is 14.9. The Balaban J connectivity index is 0. The smallest absolute Gasteiger partial charge is 0.418 e. The van der Waals surface area contributed by atoms with Gasteiger partial charge >= 0.3 is 7.25 Å². The van der Waals surface area contributed by atoms with Crippen molar-refractivity contribution in [3.05, 3.63) is 0 Å². The largest absolute Gasteiger partial charge is 0.673 e. The van der Waals surface area contributed by atoms with E-state index in [1.807, 2.05) is 0 Å². The van der Waals surface area contributed by atoms with Gasteiger partial charge in [0, 0.05) is 7.26 Å². The molecule has 6 heteroatoms. The normalized spacial score (nSPS) is 12.0. The van der Waals surface area contributed by atoms with Crippen LogP contribution in [-0.4, -0.2) is 31.9 Å². The zero-order valence-corrected chi connectivity index (χ0v) is 24.4. The molecule has 0 amide bonds. The quantitative estimate of drug-likeness (QED) is 0.0520. The summed E-state index contributed by atoms with van der Waals surface area (Å²) in [6, 6.07) is 0. The van der Waals surface area contributed by atoms with Crippen molar-refractivity contribution in [1.29, 1.82) is 0 Å². The predicted molar refractivity (Wildman–Crippen MR) is 152 cm³/mol. The molecule has 0 atom stereocenters. The molecule has 0 aromatic rings. The molecule has 0 aliphatic heterocycles. The lowest BCUT2D eigenvalue weighted by molar-refractivity contribution is 0.368. The lowest BCUT2D eigenvalue weighted by atomic mass is 10.0. The molecule has 0 aliphatic carbocycles. The molecule has 0 radical (unpaired) electrons. The fraction of sp³-hybridized carbons (Fsp3) is 1.00. The molecular formula is C28H60BF4P. The van der Waals surface area contributed by atoms with E-state index in [1.54, 1.807) is 31.1 Å². The standard InChI is InChI=1S/C28H60P.BF4/c1-5-9-13-14-15-16-17-18-19-20-21-22-23-24-28-29(25-10-6-2,26-11-7-3)27-12-8-4;2-1(3,4)5/h5-28H2,1-4H3;/q+1;-1. The molecule has 0 fully saturated rings. The molecule has 0 nitrogen and oxygen atoms in total. The van der Waals surface area contributed by atoms with Crippen LogP contribution in [0.5, 0.6) is 0 Å². The third-order valence-corrected chi connectivity index (χ3v) is 12.0. The van der Waals surface area contributed by atoms with Gasteiger partial charge in [0.2, 0.25) is 0 Å². The van der Waals surface area contributed by atoms with Crippen LogP contribution in [0, 0.1) is 0 Å². The molecule has 0 unspecified atom stereocenters. The first-order chi connectivity index (χ1) is 16.2. The van der Waals surface area contributed by atoms with Crippen LogP contribution in [-0.2, 0) is 0 Å². The van der Waals surface area contributed by atoms with Gasteiger partial charge < -0.3 is 17.3 Å². The molecule has 0 heterocycles. The summed E-state index contributed by atoms with van der Waals surface area (Å²) in [7, 11) is -6.63. The Morgan fingerprint density at radius 2 is 0.559 bits per heavy atom. The summed E-state index contributed by atoms with van der Waals surface area (Å²) in [5.41, 5.74) is 0. The monoisotopic (exact) mass is 514 g/mol. The molecule has 208 valence electrons. The summed E-state index contributed by atoms with van der Waals surface area (Å²) < 4.78 is 39.0. The average molecular weight is 515 g/mol. The highest BCUT2D eigenvalue weighted by atomic mass is 31.2. The maximum Gasteiger partial charge on any atom is 0.673 e. The molecule has 0 bridgehead atoms. The van der Waals surface area contributed by atoms with Crippen molar-refractivity contribution in [2.24, 2.45) is 0 Å². The van der Waals surface area contributed by atoms with Crippen molar-refractivity contribution >= 4 is 14.5 Å². The zero-order chi connectivity index (χ0) is 26.0. The third-order valence-electron chi connectivity index (χ3n) is 6.94. The van der Waals surface area contributed by atoms with E-state index in [-0.39, 0.29) is 0 Å². The van der Waals surface area contributed by atoms with Gasteiger partial charge in [0.25, 0.3) is 0 Å². The SMILES string of the molecule is CCCCCCCCCCCCCCCC[P+](CCCC)(CCCC)CCCC.F[B-](F)(F)F. The Bertz CT molecular complexity index is 363. The van der Waals surface area contributed by atoms with Crippen molar-refractivity contribution in [2.45, 2.75) is 156 Å². The van der Waals surface area contributed by atoms with Gasteiger partial charge in [-0.3, -0.25) is 0 Å². The van der Waals surface area contributed by atoms with Gasteiger partial charge in [0.1, 0.15) is 0 Å².